The Balaban J connectivity index is 0.00000162. The van der Waals surface area contributed by atoms with Crippen molar-refractivity contribution in [1.29, 1.82) is 0 Å². The molecule has 2 fully saturated rings. The molecule has 1 saturated heterocycles. The molecule has 0 aromatic carbocycles. The van der Waals surface area contributed by atoms with E-state index in [1.165, 1.54) is 45.2 Å². The molecule has 0 atom stereocenters. The van der Waals surface area contributed by atoms with Crippen molar-refractivity contribution in [2.24, 2.45) is 0 Å². The summed E-state index contributed by atoms with van der Waals surface area (Å²) >= 11 is 0. The second kappa shape index (κ2) is 6.81. The van der Waals surface area contributed by atoms with Crippen molar-refractivity contribution in [3.05, 3.63) is 0 Å². The van der Waals surface area contributed by atoms with Gasteiger partial charge < -0.3 is 9.80 Å². The number of carbonyl (C=O) groups is 1. The van der Waals surface area contributed by atoms with E-state index in [1.54, 1.807) is 7.05 Å². The zero-order chi connectivity index (χ0) is 12.4. The Morgan fingerprint density at radius 3 is 2.00 bits per heavy atom. The minimum absolute atomic E-state index is 0. The van der Waals surface area contributed by atoms with Crippen molar-refractivity contribution in [1.82, 2.24) is 5.32 Å². The average Bonchev–Trinajstić information content (AvgIpc) is 2.54. The number of hydrogen-bond acceptors (Lipinski definition) is 1. The van der Waals surface area contributed by atoms with Crippen LogP contribution in [0.15, 0.2) is 0 Å². The molecule has 1 aliphatic heterocycles. The molecule has 1 radical (unpaired) electrons. The molecule has 1 saturated carbocycles. The Kier molecular flexibility index (Phi) is 6.27. The van der Waals surface area contributed by atoms with Gasteiger partial charge in [-0.2, -0.15) is 0 Å². The Labute approximate surface area is 137 Å². The summed E-state index contributed by atoms with van der Waals surface area (Å²) in [5.41, 5.74) is -0.0756. The molecule has 1 amide bonds. The Morgan fingerprint density at radius 2 is 1.67 bits per heavy atom. The fourth-order valence-corrected chi connectivity index (χ4v) is 4.00. The number of amides is 1. The van der Waals surface area contributed by atoms with Gasteiger partial charge in [-0.3, -0.25) is 4.79 Å². The van der Waals surface area contributed by atoms with E-state index in [9.17, 15) is 4.79 Å². The number of hydrogen-bond donors (Lipinski definition) is 1. The molecular formula is C14H27N2OY+. The predicted molar refractivity (Wildman–Crippen MR) is 69.7 cm³/mol. The summed E-state index contributed by atoms with van der Waals surface area (Å²) in [6, 6.07) is 0. The maximum absolute atomic E-state index is 12.4. The fraction of sp³-hybridized carbons (Fsp3) is 0.929. The zero-order valence-electron chi connectivity index (χ0n) is 12.0. The van der Waals surface area contributed by atoms with Gasteiger partial charge in [0.15, 0.2) is 5.54 Å². The first-order valence-corrected chi connectivity index (χ1v) is 7.29. The second-order valence-corrected chi connectivity index (χ2v) is 5.79. The van der Waals surface area contributed by atoms with Gasteiger partial charge in [-0.25, -0.2) is 0 Å². The van der Waals surface area contributed by atoms with Crippen LogP contribution in [0.25, 0.3) is 0 Å². The summed E-state index contributed by atoms with van der Waals surface area (Å²) in [4.78, 5) is 12.4. The molecule has 0 bridgehead atoms. The summed E-state index contributed by atoms with van der Waals surface area (Å²) in [6.07, 6.45) is 8.72. The molecule has 2 aliphatic rings. The second-order valence-electron chi connectivity index (χ2n) is 5.79. The zero-order valence-corrected chi connectivity index (χ0v) is 14.8. The minimum Gasteiger partial charge on any atom is -0.354 e. The van der Waals surface area contributed by atoms with Crippen molar-refractivity contribution >= 4 is 5.91 Å². The van der Waals surface area contributed by atoms with Crippen LogP contribution in [-0.4, -0.2) is 42.6 Å². The van der Waals surface area contributed by atoms with Gasteiger partial charge in [0.25, 0.3) is 5.91 Å². The quantitative estimate of drug-likeness (QED) is 0.790. The number of nitrogens with zero attached hydrogens (tertiary/aromatic N) is 1. The van der Waals surface area contributed by atoms with Gasteiger partial charge in [0.05, 0.1) is 19.6 Å². The summed E-state index contributed by atoms with van der Waals surface area (Å²) < 4.78 is 1.06. The monoisotopic (exact) mass is 328 g/mol. The van der Waals surface area contributed by atoms with Crippen molar-refractivity contribution < 1.29 is 42.0 Å². The van der Waals surface area contributed by atoms with Crippen molar-refractivity contribution in [2.45, 2.75) is 57.4 Å². The number of likely N-dealkylation sites (N-methyl/N-ethyl adjacent to an activating group) is 2. The molecule has 1 N–H and O–H groups in total. The molecule has 1 aliphatic carbocycles. The van der Waals surface area contributed by atoms with Crippen LogP contribution in [0.5, 0.6) is 0 Å². The molecule has 1 heterocycles. The number of rotatable bonds is 3. The van der Waals surface area contributed by atoms with Gasteiger partial charge in [0.2, 0.25) is 0 Å². The van der Waals surface area contributed by atoms with Crippen LogP contribution in [0, 0.1) is 0 Å². The van der Waals surface area contributed by atoms with E-state index in [4.69, 9.17) is 0 Å². The summed E-state index contributed by atoms with van der Waals surface area (Å²) in [7, 11) is 1.80. The van der Waals surface area contributed by atoms with Crippen LogP contribution >= 0.6 is 0 Å². The smallest absolute Gasteiger partial charge is 0.281 e. The number of quaternary nitrogens is 1. The van der Waals surface area contributed by atoms with Crippen molar-refractivity contribution in [2.75, 3.05) is 26.7 Å². The molecule has 0 aromatic heterocycles. The Hall–Kier alpha value is 0.534. The summed E-state index contributed by atoms with van der Waals surface area (Å²) in [5.74, 6) is 0.299. The first kappa shape index (κ1) is 16.6. The summed E-state index contributed by atoms with van der Waals surface area (Å²) in [6.45, 7) is 5.82. The molecule has 2 rings (SSSR count). The van der Waals surface area contributed by atoms with E-state index < -0.39 is 0 Å². The predicted octanol–water partition coefficient (Wildman–Crippen LogP) is 2.06. The topological polar surface area (TPSA) is 29.1 Å². The molecular weight excluding hydrogens is 301 g/mol. The maximum atomic E-state index is 12.4. The fourth-order valence-electron chi connectivity index (χ4n) is 4.00. The molecule has 18 heavy (non-hydrogen) atoms. The maximum Gasteiger partial charge on any atom is 0.281 e. The molecule has 0 aromatic rings. The van der Waals surface area contributed by atoms with Gasteiger partial charge in [-0.05, 0) is 39.0 Å². The van der Waals surface area contributed by atoms with Gasteiger partial charge in [0.1, 0.15) is 0 Å². The number of carbonyl (C=O) groups excluding carboxylic acids is 1. The first-order valence-electron chi connectivity index (χ1n) is 7.29. The van der Waals surface area contributed by atoms with E-state index in [-0.39, 0.29) is 38.2 Å². The number of likely N-dealkylation sites (tertiary alicyclic amines) is 1. The van der Waals surface area contributed by atoms with E-state index in [1.807, 2.05) is 0 Å². The van der Waals surface area contributed by atoms with E-state index in [2.05, 4.69) is 12.2 Å². The standard InChI is InChI=1S/C14H26N2O.Y/c1-3-16(11-6-4-5-7-12-16)14(9-8-10-14)13(17)15-2;/h3-12H2,1-2H3;/p+1. The van der Waals surface area contributed by atoms with Crippen LogP contribution in [-0.2, 0) is 37.5 Å². The van der Waals surface area contributed by atoms with Crippen molar-refractivity contribution in [3.8, 4) is 0 Å². The van der Waals surface area contributed by atoms with Crippen LogP contribution in [0.1, 0.15) is 51.9 Å². The molecule has 101 valence electrons. The third-order valence-electron chi connectivity index (χ3n) is 5.27. The van der Waals surface area contributed by atoms with Crippen LogP contribution in [0.4, 0.5) is 0 Å². The van der Waals surface area contributed by atoms with Crippen LogP contribution < -0.4 is 5.32 Å². The molecule has 0 unspecified atom stereocenters. The first-order chi connectivity index (χ1) is 8.21. The SMILES string of the molecule is CC[N+]1(C2(C(=O)NC)CCC2)CCCCCC1.[Y]. The van der Waals surface area contributed by atoms with Crippen LogP contribution in [0.3, 0.4) is 0 Å². The van der Waals surface area contributed by atoms with E-state index >= 15 is 0 Å². The Bertz CT molecular complexity index is 282. The molecule has 4 heteroatoms. The number of nitrogens with one attached hydrogen (secondary N) is 1. The third-order valence-corrected chi connectivity index (χ3v) is 5.27. The van der Waals surface area contributed by atoms with E-state index in [0.29, 0.717) is 5.91 Å². The summed E-state index contributed by atoms with van der Waals surface area (Å²) in [5, 5.41) is 2.93. The van der Waals surface area contributed by atoms with Gasteiger partial charge in [-0.1, -0.05) is 0 Å². The molecule has 3 nitrogen and oxygen atoms in total. The minimum atomic E-state index is -0.0756. The van der Waals surface area contributed by atoms with Gasteiger partial charge in [0, 0.05) is 52.6 Å². The largest absolute Gasteiger partial charge is 0.354 e. The van der Waals surface area contributed by atoms with Crippen molar-refractivity contribution in [3.63, 3.8) is 0 Å². The molecule has 0 spiro atoms. The van der Waals surface area contributed by atoms with Crippen LogP contribution in [0.2, 0.25) is 0 Å². The van der Waals surface area contributed by atoms with Gasteiger partial charge >= 0.3 is 0 Å². The Morgan fingerprint density at radius 1 is 1.11 bits per heavy atom. The normalized spacial score (nSPS) is 25.2. The van der Waals surface area contributed by atoms with E-state index in [0.717, 1.165) is 23.9 Å². The third kappa shape index (κ3) is 2.55. The average molecular weight is 328 g/mol. The van der Waals surface area contributed by atoms with Gasteiger partial charge in [-0.15, -0.1) is 0 Å².